The number of benzene rings is 2. The van der Waals surface area contributed by atoms with E-state index in [1.165, 1.54) is 5.56 Å². The second kappa shape index (κ2) is 6.85. The van der Waals surface area contributed by atoms with Crippen molar-refractivity contribution >= 4 is 22.7 Å². The van der Waals surface area contributed by atoms with Crippen LogP contribution in [0, 0.1) is 0 Å². The second-order valence-electron chi connectivity index (χ2n) is 8.83. The molecule has 4 rings (SSSR count). The van der Waals surface area contributed by atoms with Crippen LogP contribution in [0.2, 0.25) is 0 Å². The number of anilines is 1. The molecule has 0 amide bonds. The van der Waals surface area contributed by atoms with E-state index in [0.29, 0.717) is 5.69 Å². The van der Waals surface area contributed by atoms with Gasteiger partial charge >= 0.3 is 0 Å². The molecule has 154 valence electrons. The van der Waals surface area contributed by atoms with E-state index in [2.05, 4.69) is 38.5 Å². The molecule has 0 aliphatic carbocycles. The third-order valence-corrected chi connectivity index (χ3v) is 5.64. The molecule has 2 aromatic carbocycles. The maximum Gasteiger partial charge on any atom is 0.166 e. The molecule has 1 unspecified atom stereocenters. The average molecular weight is 414 g/mol. The van der Waals surface area contributed by atoms with Crippen LogP contribution in [0.5, 0.6) is 11.5 Å². The molecule has 0 radical (unpaired) electrons. The lowest BCUT2D eigenvalue weighted by atomic mass is 9.81. The van der Waals surface area contributed by atoms with Gasteiger partial charge in [-0.25, -0.2) is 0 Å². The predicted molar refractivity (Wildman–Crippen MR) is 114 cm³/mol. The topological polar surface area (TPSA) is 83.0 Å². The second-order valence-corrected chi connectivity index (χ2v) is 9.50. The molecular weight excluding hydrogens is 388 g/mol. The van der Waals surface area contributed by atoms with Crippen LogP contribution in [0.4, 0.5) is 5.69 Å². The van der Waals surface area contributed by atoms with Crippen LogP contribution in [0.3, 0.4) is 0 Å². The number of ether oxygens (including phenoxy) is 2. The van der Waals surface area contributed by atoms with Crippen molar-refractivity contribution in [3.63, 3.8) is 0 Å². The monoisotopic (exact) mass is 413 g/mol. The summed E-state index contributed by atoms with van der Waals surface area (Å²) in [6, 6.07) is 9.39. The van der Waals surface area contributed by atoms with E-state index >= 15 is 0 Å². The van der Waals surface area contributed by atoms with E-state index < -0.39 is 11.3 Å². The molecule has 2 aliphatic heterocycles. The molecule has 2 heterocycles. The Morgan fingerprint density at radius 1 is 1.21 bits per heavy atom. The minimum absolute atomic E-state index is 0.290. The fraction of sp³-hybridized carbons (Fsp3) is 0.409. The van der Waals surface area contributed by atoms with E-state index in [0.717, 1.165) is 46.7 Å². The van der Waals surface area contributed by atoms with Crippen molar-refractivity contribution < 1.29 is 18.2 Å². The van der Waals surface area contributed by atoms with Crippen molar-refractivity contribution in [1.29, 1.82) is 0 Å². The molecule has 0 bridgehead atoms. The molecule has 1 N–H and O–H groups in total. The van der Waals surface area contributed by atoms with Gasteiger partial charge in [-0.05, 0) is 57.9 Å². The Kier molecular flexibility index (Phi) is 4.70. The van der Waals surface area contributed by atoms with Gasteiger partial charge in [0, 0.05) is 40.1 Å². The maximum atomic E-state index is 11.1. The molecule has 0 fully saturated rings. The molecule has 7 heteroatoms. The van der Waals surface area contributed by atoms with Crippen molar-refractivity contribution in [3.05, 3.63) is 52.6 Å². The Morgan fingerprint density at radius 3 is 2.66 bits per heavy atom. The summed E-state index contributed by atoms with van der Waals surface area (Å²) in [4.78, 5) is 5.07. The Morgan fingerprint density at radius 2 is 1.97 bits per heavy atom. The molecule has 6 nitrogen and oxygen atoms in total. The molecule has 2 aromatic rings. The Hall–Kier alpha value is -2.38. The van der Waals surface area contributed by atoms with Crippen LogP contribution in [-0.4, -0.2) is 32.7 Å². The van der Waals surface area contributed by atoms with Crippen LogP contribution >= 0.6 is 0 Å². The number of hydrogen-bond acceptors (Lipinski definition) is 5. The summed E-state index contributed by atoms with van der Waals surface area (Å²) in [5.74, 6) is 1.53. The van der Waals surface area contributed by atoms with Gasteiger partial charge in [0.2, 0.25) is 0 Å². The number of fused-ring (bicyclic) bond motifs is 3. The number of aliphatic imine (C=N–C) groups is 1. The number of hydrogen-bond donors (Lipinski definition) is 1. The quantitative estimate of drug-likeness (QED) is 0.773. The number of rotatable bonds is 4. The first-order valence-electron chi connectivity index (χ1n) is 9.57. The van der Waals surface area contributed by atoms with Crippen LogP contribution in [0.1, 0.15) is 49.9 Å². The lowest BCUT2D eigenvalue weighted by molar-refractivity contribution is 0.134. The highest BCUT2D eigenvalue weighted by Crippen LogP contribution is 2.47. The van der Waals surface area contributed by atoms with E-state index in [4.69, 9.17) is 14.5 Å². The van der Waals surface area contributed by atoms with Gasteiger partial charge in [0.05, 0.1) is 18.4 Å². The fourth-order valence-corrected chi connectivity index (χ4v) is 4.58. The third-order valence-electron chi connectivity index (χ3n) is 5.24. The largest absolute Gasteiger partial charge is 0.755 e. The highest BCUT2D eigenvalue weighted by molar-refractivity contribution is 7.80. The highest BCUT2D eigenvalue weighted by atomic mass is 32.2. The van der Waals surface area contributed by atoms with Crippen LogP contribution in [0.25, 0.3) is 0 Å². The van der Waals surface area contributed by atoms with E-state index in [1.807, 2.05) is 18.2 Å². The normalized spacial score (nSPS) is 19.4. The lowest BCUT2D eigenvalue weighted by Crippen LogP contribution is -2.30. The van der Waals surface area contributed by atoms with Gasteiger partial charge in [-0.3, -0.25) is 9.20 Å². The minimum Gasteiger partial charge on any atom is -0.755 e. The van der Waals surface area contributed by atoms with Crippen molar-refractivity contribution in [2.75, 3.05) is 11.8 Å². The summed E-state index contributed by atoms with van der Waals surface area (Å²) in [6.45, 7) is 8.34. The molecule has 0 spiro atoms. The van der Waals surface area contributed by atoms with Gasteiger partial charge < -0.3 is 18.7 Å². The lowest BCUT2D eigenvalue weighted by Gasteiger charge is -2.31. The van der Waals surface area contributed by atoms with Crippen LogP contribution in [-0.2, 0) is 24.1 Å². The van der Waals surface area contributed by atoms with E-state index in [-0.39, 0.29) is 11.1 Å². The first-order valence-corrected chi connectivity index (χ1v) is 10.6. The van der Waals surface area contributed by atoms with E-state index in [1.54, 1.807) is 13.2 Å². The zero-order chi connectivity index (χ0) is 21.0. The predicted octanol–water partition coefficient (Wildman–Crippen LogP) is 3.79. The summed E-state index contributed by atoms with van der Waals surface area (Å²) in [6.07, 6.45) is 1.54. The minimum atomic E-state index is -2.38. The Balaban J connectivity index is 1.93. The van der Waals surface area contributed by atoms with Crippen molar-refractivity contribution in [2.45, 2.75) is 51.7 Å². The average Bonchev–Trinajstić information content (AvgIpc) is 2.94. The Bertz CT molecular complexity index is 1040. The highest BCUT2D eigenvalue weighted by Gasteiger charge is 2.39. The van der Waals surface area contributed by atoms with Gasteiger partial charge in [-0.1, -0.05) is 12.1 Å². The van der Waals surface area contributed by atoms with Crippen LogP contribution < -0.4 is 14.2 Å². The molecular formula is C22H25N2O4S-. The van der Waals surface area contributed by atoms with Crippen LogP contribution in [0.15, 0.2) is 35.3 Å². The zero-order valence-electron chi connectivity index (χ0n) is 17.3. The molecule has 0 saturated heterocycles. The van der Waals surface area contributed by atoms with Gasteiger partial charge in [-0.15, -0.1) is 0 Å². The fourth-order valence-electron chi connectivity index (χ4n) is 4.26. The van der Waals surface area contributed by atoms with Crippen molar-refractivity contribution in [1.82, 2.24) is 0 Å². The number of methoxy groups -OCH3 is 1. The first-order chi connectivity index (χ1) is 13.6. The van der Waals surface area contributed by atoms with E-state index in [9.17, 15) is 8.76 Å². The molecule has 1 atom stereocenters. The third kappa shape index (κ3) is 3.76. The summed E-state index contributed by atoms with van der Waals surface area (Å²) in [5.41, 5.74) is 4.96. The van der Waals surface area contributed by atoms with Gasteiger partial charge in [-0.2, -0.15) is 0 Å². The Labute approximate surface area is 173 Å². The molecule has 29 heavy (non-hydrogen) atoms. The van der Waals surface area contributed by atoms with Crippen molar-refractivity contribution in [2.24, 2.45) is 4.99 Å². The summed E-state index contributed by atoms with van der Waals surface area (Å²) >= 11 is -2.38. The van der Waals surface area contributed by atoms with Gasteiger partial charge in [0.1, 0.15) is 5.60 Å². The van der Waals surface area contributed by atoms with Crippen molar-refractivity contribution in [3.8, 4) is 11.5 Å². The number of nitrogens with one attached hydrogen (secondary N) is 1. The molecule has 2 aliphatic rings. The number of nitrogens with zero attached hydrogens (tertiary/aromatic N) is 1. The maximum absolute atomic E-state index is 11.1. The smallest absolute Gasteiger partial charge is 0.166 e. The zero-order valence-corrected chi connectivity index (χ0v) is 18.1. The summed E-state index contributed by atoms with van der Waals surface area (Å²) in [7, 11) is 1.66. The SMILES string of the molecule is COc1cc2c(c3c1OC(C)(C)C3)C(c1cccc(NS(=O)[O-])c1)=NC(C)(C)C2. The summed E-state index contributed by atoms with van der Waals surface area (Å²) < 4.78 is 36.5. The summed E-state index contributed by atoms with van der Waals surface area (Å²) in [5, 5.41) is 0. The molecule has 0 saturated carbocycles. The van der Waals surface area contributed by atoms with Gasteiger partial charge in [0.25, 0.3) is 0 Å². The molecule has 0 aromatic heterocycles. The van der Waals surface area contributed by atoms with Gasteiger partial charge in [0.15, 0.2) is 11.5 Å². The standard InChI is InChI=1S/C22H26N2O4S/c1-21(2)11-14-10-17(27-5)20-16(12-22(3,4)28-20)18(14)19(23-21)13-7-6-8-15(9-13)24-29(25)26/h6-10,24H,11-12H2,1-5H3,(H,25,26)/p-1. The first kappa shape index (κ1) is 19.9.